The van der Waals surface area contributed by atoms with Crippen molar-refractivity contribution in [1.29, 1.82) is 0 Å². The van der Waals surface area contributed by atoms with E-state index in [4.69, 9.17) is 0 Å². The largest absolute Gasteiger partial charge is 0.320 e. The molecule has 0 saturated carbocycles. The van der Waals surface area contributed by atoms with Crippen molar-refractivity contribution in [3.05, 3.63) is 84.9 Å². The van der Waals surface area contributed by atoms with Crippen LogP contribution >= 0.6 is 0 Å². The molecule has 0 aromatic heterocycles. The maximum absolute atomic E-state index is 3.36. The number of nitrogens with zero attached hydrogens (tertiary/aromatic N) is 2. The SMILES string of the molecule is CC.CC.CCC.CCC.CCC.CCNC.CN=NC.c1ccc2ccccc2c1.c1ccccc1. The van der Waals surface area contributed by atoms with Gasteiger partial charge in [-0.25, -0.2) is 0 Å². The van der Waals surface area contributed by atoms with Gasteiger partial charge in [0.1, 0.15) is 0 Å². The molecule has 3 heteroatoms. The Hall–Kier alpha value is -2.52. The molecular formula is C34H65N3. The molecule has 0 atom stereocenters. The van der Waals surface area contributed by atoms with Gasteiger partial charge < -0.3 is 5.32 Å². The fraction of sp³-hybridized carbons (Fsp3) is 0.529. The highest BCUT2D eigenvalue weighted by atomic mass is 15.0. The van der Waals surface area contributed by atoms with Crippen LogP contribution in [0.15, 0.2) is 95.2 Å². The van der Waals surface area contributed by atoms with Crippen molar-refractivity contribution in [2.24, 2.45) is 10.2 Å². The second-order valence-electron chi connectivity index (χ2n) is 6.73. The van der Waals surface area contributed by atoms with Gasteiger partial charge in [0, 0.05) is 14.1 Å². The third kappa shape index (κ3) is 60.2. The number of benzene rings is 3. The lowest BCUT2D eigenvalue weighted by atomic mass is 10.1. The minimum absolute atomic E-state index is 1.07. The van der Waals surface area contributed by atoms with Crippen molar-refractivity contribution in [3.8, 4) is 0 Å². The van der Waals surface area contributed by atoms with Crippen LogP contribution in [0.25, 0.3) is 10.8 Å². The van der Waals surface area contributed by atoms with Gasteiger partial charge in [-0.3, -0.25) is 0 Å². The average Bonchev–Trinajstić information content (AvgIpc) is 2.98. The molecule has 0 bridgehead atoms. The van der Waals surface area contributed by atoms with Crippen LogP contribution in [-0.2, 0) is 0 Å². The Kier molecular flexibility index (Phi) is 75.9. The predicted octanol–water partition coefficient (Wildman–Crippen LogP) is 11.8. The molecule has 3 rings (SSSR count). The Morgan fingerprint density at radius 3 is 0.730 bits per heavy atom. The fourth-order valence-electron chi connectivity index (χ4n) is 1.52. The Bertz CT molecular complexity index is 580. The molecule has 0 aliphatic heterocycles. The maximum atomic E-state index is 3.36. The number of nitrogens with one attached hydrogen (secondary N) is 1. The highest BCUT2D eigenvalue weighted by molar-refractivity contribution is 5.81. The van der Waals surface area contributed by atoms with Crippen molar-refractivity contribution in [3.63, 3.8) is 0 Å². The molecule has 0 aliphatic rings. The monoisotopic (exact) mass is 516 g/mol. The molecule has 1 N–H and O–H groups in total. The van der Waals surface area contributed by atoms with Crippen LogP contribution in [0.3, 0.4) is 0 Å². The van der Waals surface area contributed by atoms with Crippen LogP contribution in [0.4, 0.5) is 0 Å². The summed E-state index contributed by atoms with van der Waals surface area (Å²) in [6, 6.07) is 28.7. The molecule has 0 saturated heterocycles. The van der Waals surface area contributed by atoms with Crippen molar-refractivity contribution in [1.82, 2.24) is 5.32 Å². The summed E-state index contributed by atoms with van der Waals surface area (Å²) in [4.78, 5) is 0. The smallest absolute Gasteiger partial charge is 0.0487 e. The summed E-state index contributed by atoms with van der Waals surface area (Å²) in [5, 5.41) is 12.3. The lowest BCUT2D eigenvalue weighted by molar-refractivity contribution is 0.864. The second-order valence-corrected chi connectivity index (χ2v) is 6.73. The minimum Gasteiger partial charge on any atom is -0.320 e. The van der Waals surface area contributed by atoms with Gasteiger partial charge in [-0.2, -0.15) is 10.2 Å². The first kappa shape index (κ1) is 47.6. The van der Waals surface area contributed by atoms with Crippen LogP contribution in [0.2, 0.25) is 0 Å². The summed E-state index contributed by atoms with van der Waals surface area (Å²) in [5.41, 5.74) is 0. The van der Waals surface area contributed by atoms with Gasteiger partial charge >= 0.3 is 0 Å². The molecule has 37 heavy (non-hydrogen) atoms. The van der Waals surface area contributed by atoms with E-state index in [2.05, 4.69) is 113 Å². The Morgan fingerprint density at radius 1 is 0.459 bits per heavy atom. The number of azo groups is 1. The zero-order chi connectivity index (χ0) is 30.0. The van der Waals surface area contributed by atoms with Crippen LogP contribution in [0.1, 0.15) is 95.4 Å². The number of rotatable bonds is 1. The van der Waals surface area contributed by atoms with E-state index in [9.17, 15) is 0 Å². The highest BCUT2D eigenvalue weighted by Gasteiger charge is 1.85. The molecule has 0 aliphatic carbocycles. The summed E-state index contributed by atoms with van der Waals surface area (Å²) < 4.78 is 0. The van der Waals surface area contributed by atoms with Gasteiger partial charge in [-0.1, -0.05) is 180 Å². The highest BCUT2D eigenvalue weighted by Crippen LogP contribution is 2.11. The Morgan fingerprint density at radius 2 is 0.622 bits per heavy atom. The number of fused-ring (bicyclic) bond motifs is 1. The Labute approximate surface area is 234 Å². The van der Waals surface area contributed by atoms with Crippen LogP contribution in [0, 0.1) is 0 Å². The molecular weight excluding hydrogens is 450 g/mol. The first-order chi connectivity index (χ1) is 18.0. The number of hydrogen-bond acceptors (Lipinski definition) is 3. The third-order valence-corrected chi connectivity index (χ3v) is 2.88. The van der Waals surface area contributed by atoms with E-state index in [1.807, 2.05) is 71.1 Å². The van der Waals surface area contributed by atoms with Crippen molar-refractivity contribution in [2.45, 2.75) is 95.4 Å². The first-order valence-electron chi connectivity index (χ1n) is 14.3. The van der Waals surface area contributed by atoms with Crippen molar-refractivity contribution < 1.29 is 0 Å². The van der Waals surface area contributed by atoms with Crippen molar-refractivity contribution >= 4 is 10.8 Å². The molecule has 0 fully saturated rings. The standard InChI is InChI=1S/C10H8.C6H6.C3H9N.3C3H8.C2H6N2.2C2H6/c1-2-6-10-8-4-3-7-9(10)5-1;1-2-4-6-5-3-1;1-3-4-2;3*1-3-2;1-3-4-2;2*1-2/h1-8H;1-6H;4H,3H2,1-2H3;3*3H2,1-2H3;1-2H3;2*1-2H3. The lowest BCUT2D eigenvalue weighted by Crippen LogP contribution is -2.01. The van der Waals surface area contributed by atoms with E-state index in [1.54, 1.807) is 14.1 Å². The maximum Gasteiger partial charge on any atom is 0.0487 e. The molecule has 0 radical (unpaired) electrons. The van der Waals surface area contributed by atoms with E-state index < -0.39 is 0 Å². The molecule has 3 aromatic carbocycles. The zero-order valence-corrected chi connectivity index (χ0v) is 27.3. The molecule has 0 heterocycles. The average molecular weight is 516 g/mol. The van der Waals surface area contributed by atoms with E-state index in [0.29, 0.717) is 0 Å². The summed E-state index contributed by atoms with van der Waals surface area (Å²) in [6.07, 6.45) is 3.75. The normalized spacial score (nSPS) is 7.62. The lowest BCUT2D eigenvalue weighted by Gasteiger charge is -1.92. The first-order valence-corrected chi connectivity index (χ1v) is 14.3. The minimum atomic E-state index is 1.07. The topological polar surface area (TPSA) is 36.8 Å². The molecule has 0 amide bonds. The van der Waals surface area contributed by atoms with E-state index in [1.165, 1.54) is 30.0 Å². The van der Waals surface area contributed by atoms with Gasteiger partial charge in [-0.15, -0.1) is 0 Å². The van der Waals surface area contributed by atoms with Crippen molar-refractivity contribution in [2.75, 3.05) is 27.7 Å². The quantitative estimate of drug-likeness (QED) is 0.321. The second kappa shape index (κ2) is 58.9. The summed E-state index contributed by atoms with van der Waals surface area (Å²) in [5.74, 6) is 0. The van der Waals surface area contributed by atoms with Gasteiger partial charge in [-0.05, 0) is 24.4 Å². The van der Waals surface area contributed by atoms with Crippen LogP contribution < -0.4 is 5.32 Å². The molecule has 3 aromatic rings. The summed E-state index contributed by atoms with van der Waals surface area (Å²) in [7, 11) is 5.21. The van der Waals surface area contributed by atoms with Crippen LogP contribution in [-0.4, -0.2) is 27.7 Å². The van der Waals surface area contributed by atoms with E-state index in [0.717, 1.165) is 6.54 Å². The number of hydrogen-bond donors (Lipinski definition) is 1. The van der Waals surface area contributed by atoms with E-state index in [-0.39, 0.29) is 0 Å². The van der Waals surface area contributed by atoms with E-state index >= 15 is 0 Å². The Balaban J connectivity index is -0.0000000788. The van der Waals surface area contributed by atoms with Gasteiger partial charge in [0.15, 0.2) is 0 Å². The zero-order valence-electron chi connectivity index (χ0n) is 27.3. The van der Waals surface area contributed by atoms with Crippen LogP contribution in [0.5, 0.6) is 0 Å². The fourth-order valence-corrected chi connectivity index (χ4v) is 1.52. The third-order valence-electron chi connectivity index (χ3n) is 2.88. The predicted molar refractivity (Wildman–Crippen MR) is 177 cm³/mol. The van der Waals surface area contributed by atoms with Gasteiger partial charge in [0.25, 0.3) is 0 Å². The molecule has 3 nitrogen and oxygen atoms in total. The molecule has 0 unspecified atom stereocenters. The van der Waals surface area contributed by atoms with Gasteiger partial charge in [0.2, 0.25) is 0 Å². The molecule has 0 spiro atoms. The summed E-state index contributed by atoms with van der Waals surface area (Å²) >= 11 is 0. The van der Waals surface area contributed by atoms with Gasteiger partial charge in [0.05, 0.1) is 0 Å². The summed E-state index contributed by atoms with van der Waals surface area (Å²) in [6.45, 7) is 23.9. The molecule has 216 valence electrons.